The Kier molecular flexibility index (Phi) is 9.61. The summed E-state index contributed by atoms with van der Waals surface area (Å²) < 4.78 is 11.6. The Morgan fingerprint density at radius 3 is 2.36 bits per heavy atom. The van der Waals surface area contributed by atoms with Crippen LogP contribution in [-0.2, 0) is 13.0 Å². The predicted molar refractivity (Wildman–Crippen MR) is 164 cm³/mol. The number of hydrogen-bond donors (Lipinski definition) is 0. The first-order valence-electron chi connectivity index (χ1n) is 14.9. The summed E-state index contributed by atoms with van der Waals surface area (Å²) in [4.78, 5) is 5.04. The Balaban J connectivity index is 1.26. The van der Waals surface area contributed by atoms with Gasteiger partial charge in [0.1, 0.15) is 18.1 Å². The van der Waals surface area contributed by atoms with Crippen LogP contribution in [0.15, 0.2) is 66.7 Å². The number of anilines is 1. The molecule has 3 aromatic carbocycles. The average molecular weight is 525 g/mol. The highest BCUT2D eigenvalue weighted by Gasteiger charge is 2.17. The molecule has 0 aromatic heterocycles. The number of allylic oxidation sites excluding steroid dienone is 1. The van der Waals surface area contributed by atoms with E-state index < -0.39 is 0 Å². The lowest BCUT2D eigenvalue weighted by Crippen LogP contribution is -2.29. The molecule has 0 radical (unpaired) electrons. The molecule has 0 unspecified atom stereocenters. The number of ether oxygens (including phenoxy) is 2. The monoisotopic (exact) mass is 524 g/mol. The number of likely N-dealkylation sites (tertiary alicyclic amines) is 1. The summed E-state index contributed by atoms with van der Waals surface area (Å²) >= 11 is 0. The van der Waals surface area contributed by atoms with Crippen LogP contribution in [0.4, 0.5) is 5.69 Å². The minimum absolute atomic E-state index is 0.763. The summed E-state index contributed by atoms with van der Waals surface area (Å²) in [6.07, 6.45) is 11.1. The van der Waals surface area contributed by atoms with Crippen molar-refractivity contribution in [1.82, 2.24) is 4.90 Å². The molecule has 4 nitrogen and oxygen atoms in total. The Morgan fingerprint density at radius 2 is 1.59 bits per heavy atom. The second kappa shape index (κ2) is 13.7. The molecule has 1 heterocycles. The number of hydrogen-bond acceptors (Lipinski definition) is 4. The fourth-order valence-electron chi connectivity index (χ4n) is 5.96. The van der Waals surface area contributed by atoms with Crippen LogP contribution in [0.25, 0.3) is 11.6 Å². The minimum atomic E-state index is 0.763. The van der Waals surface area contributed by atoms with Crippen molar-refractivity contribution in [2.75, 3.05) is 44.8 Å². The highest BCUT2D eigenvalue weighted by atomic mass is 16.5. The third-order valence-corrected chi connectivity index (χ3v) is 8.22. The standard InChI is InChI=1S/C35H44N2O2/c1-3-37(27-28-15-18-32(19-16-28)39-24-23-36-21-8-4-5-9-22-36)35-14-7-6-13-34(35)31-12-10-11-29-26-33(38-2)20-17-30(29)25-31/h6-7,13-20,25-26H,3-5,8-12,21-24,27H2,1-2H3. The quantitative estimate of drug-likeness (QED) is 0.270. The molecule has 4 heteroatoms. The van der Waals surface area contributed by atoms with Crippen molar-refractivity contribution in [2.45, 2.75) is 58.4 Å². The molecule has 0 atom stereocenters. The number of rotatable bonds is 10. The molecule has 2 aliphatic rings. The van der Waals surface area contributed by atoms with Crippen LogP contribution < -0.4 is 14.4 Å². The smallest absolute Gasteiger partial charge is 0.119 e. The molecule has 0 spiro atoms. The van der Waals surface area contributed by atoms with Crippen LogP contribution in [-0.4, -0.2) is 44.8 Å². The topological polar surface area (TPSA) is 24.9 Å². The fraction of sp³-hybridized carbons (Fsp3) is 0.429. The Morgan fingerprint density at radius 1 is 0.821 bits per heavy atom. The van der Waals surface area contributed by atoms with Crippen LogP contribution >= 0.6 is 0 Å². The lowest BCUT2D eigenvalue weighted by molar-refractivity contribution is 0.214. The molecular formula is C35H44N2O2. The van der Waals surface area contributed by atoms with Gasteiger partial charge in [0.15, 0.2) is 0 Å². The normalized spacial score (nSPS) is 16.0. The lowest BCUT2D eigenvalue weighted by Gasteiger charge is -2.27. The molecular weight excluding hydrogens is 480 g/mol. The van der Waals surface area contributed by atoms with Gasteiger partial charge in [-0.1, -0.05) is 55.3 Å². The first-order chi connectivity index (χ1) is 19.2. The van der Waals surface area contributed by atoms with Crippen molar-refractivity contribution < 1.29 is 9.47 Å². The highest BCUT2D eigenvalue weighted by Crippen LogP contribution is 2.36. The van der Waals surface area contributed by atoms with E-state index in [-0.39, 0.29) is 0 Å². The summed E-state index contributed by atoms with van der Waals surface area (Å²) in [7, 11) is 1.74. The summed E-state index contributed by atoms with van der Waals surface area (Å²) in [5.74, 6) is 1.91. The first kappa shape index (κ1) is 27.3. The zero-order chi connectivity index (χ0) is 26.9. The highest BCUT2D eigenvalue weighted by molar-refractivity contribution is 5.88. The van der Waals surface area contributed by atoms with E-state index in [1.807, 2.05) is 0 Å². The number of aryl methyl sites for hydroxylation is 1. The van der Waals surface area contributed by atoms with Gasteiger partial charge in [0, 0.05) is 30.9 Å². The third kappa shape index (κ3) is 7.24. The zero-order valence-corrected chi connectivity index (χ0v) is 23.8. The van der Waals surface area contributed by atoms with Crippen molar-refractivity contribution >= 4 is 17.3 Å². The van der Waals surface area contributed by atoms with Gasteiger partial charge in [-0.15, -0.1) is 0 Å². The Bertz CT molecular complexity index is 1230. The summed E-state index contributed by atoms with van der Waals surface area (Å²) in [5.41, 5.74) is 8.06. The fourth-order valence-corrected chi connectivity index (χ4v) is 5.96. The van der Waals surface area contributed by atoms with Crippen LogP contribution in [0, 0.1) is 0 Å². The van der Waals surface area contributed by atoms with Crippen molar-refractivity contribution in [3.05, 3.63) is 89.0 Å². The molecule has 39 heavy (non-hydrogen) atoms. The molecule has 1 fully saturated rings. The maximum atomic E-state index is 6.10. The molecule has 5 rings (SSSR count). The molecule has 0 amide bonds. The molecule has 1 saturated heterocycles. The second-order valence-electron chi connectivity index (χ2n) is 10.9. The van der Waals surface area contributed by atoms with Crippen LogP contribution in [0.3, 0.4) is 0 Å². The maximum absolute atomic E-state index is 6.10. The van der Waals surface area contributed by atoms with Gasteiger partial charge in [-0.3, -0.25) is 4.90 Å². The molecule has 3 aromatic rings. The number of fused-ring (bicyclic) bond motifs is 1. The number of benzene rings is 3. The second-order valence-corrected chi connectivity index (χ2v) is 10.9. The SMILES string of the molecule is CCN(Cc1ccc(OCCN2CCCCCC2)cc1)c1ccccc1C1=Cc2ccc(OC)cc2CCC1. The molecule has 0 bridgehead atoms. The van der Waals surface area contributed by atoms with Crippen LogP contribution in [0.2, 0.25) is 0 Å². The average Bonchev–Trinajstić information content (AvgIpc) is 3.37. The molecule has 1 aliphatic heterocycles. The van der Waals surface area contributed by atoms with E-state index in [9.17, 15) is 0 Å². The van der Waals surface area contributed by atoms with E-state index in [4.69, 9.17) is 9.47 Å². The summed E-state index contributed by atoms with van der Waals surface area (Å²) in [6, 6.07) is 24.1. The summed E-state index contributed by atoms with van der Waals surface area (Å²) in [5, 5.41) is 0. The van der Waals surface area contributed by atoms with Crippen molar-refractivity contribution in [3.8, 4) is 11.5 Å². The van der Waals surface area contributed by atoms with Crippen LogP contribution in [0.5, 0.6) is 11.5 Å². The number of methoxy groups -OCH3 is 1. The summed E-state index contributed by atoms with van der Waals surface area (Å²) in [6.45, 7) is 8.30. The van der Waals surface area contributed by atoms with E-state index in [2.05, 4.69) is 89.5 Å². The third-order valence-electron chi connectivity index (χ3n) is 8.22. The Hall–Kier alpha value is -3.24. The molecule has 206 valence electrons. The van der Waals surface area contributed by atoms with Crippen molar-refractivity contribution in [3.63, 3.8) is 0 Å². The van der Waals surface area contributed by atoms with E-state index in [0.717, 1.165) is 57.0 Å². The minimum Gasteiger partial charge on any atom is -0.497 e. The number of nitrogens with zero attached hydrogens (tertiary/aromatic N) is 2. The number of para-hydroxylation sites is 1. The molecule has 0 saturated carbocycles. The lowest BCUT2D eigenvalue weighted by atomic mass is 9.97. The predicted octanol–water partition coefficient (Wildman–Crippen LogP) is 7.85. The van der Waals surface area contributed by atoms with Gasteiger partial charge in [-0.05, 0) is 105 Å². The Labute approximate surface area is 235 Å². The zero-order valence-electron chi connectivity index (χ0n) is 23.8. The van der Waals surface area contributed by atoms with Crippen molar-refractivity contribution in [2.24, 2.45) is 0 Å². The van der Waals surface area contributed by atoms with Crippen LogP contribution in [0.1, 0.15) is 67.7 Å². The van der Waals surface area contributed by atoms with E-state index in [0.29, 0.717) is 0 Å². The maximum Gasteiger partial charge on any atom is 0.119 e. The van der Waals surface area contributed by atoms with Gasteiger partial charge < -0.3 is 14.4 Å². The largest absolute Gasteiger partial charge is 0.497 e. The van der Waals surface area contributed by atoms with Crippen molar-refractivity contribution in [1.29, 1.82) is 0 Å². The van der Waals surface area contributed by atoms with E-state index in [1.54, 1.807) is 7.11 Å². The molecule has 0 N–H and O–H groups in total. The van der Waals surface area contributed by atoms with Gasteiger partial charge in [0.25, 0.3) is 0 Å². The van der Waals surface area contributed by atoms with Gasteiger partial charge in [-0.25, -0.2) is 0 Å². The van der Waals surface area contributed by atoms with Gasteiger partial charge >= 0.3 is 0 Å². The van der Waals surface area contributed by atoms with Gasteiger partial charge in [0.05, 0.1) is 7.11 Å². The van der Waals surface area contributed by atoms with E-state index in [1.165, 1.54) is 72.3 Å². The van der Waals surface area contributed by atoms with E-state index >= 15 is 0 Å². The molecule has 1 aliphatic carbocycles. The van der Waals surface area contributed by atoms with Gasteiger partial charge in [0.2, 0.25) is 0 Å². The first-order valence-corrected chi connectivity index (χ1v) is 14.9. The van der Waals surface area contributed by atoms with Gasteiger partial charge in [-0.2, -0.15) is 0 Å².